The molecule has 0 radical (unpaired) electrons. The highest BCUT2D eigenvalue weighted by Gasteiger charge is 2.03. The van der Waals surface area contributed by atoms with Crippen LogP contribution in [0.3, 0.4) is 0 Å². The number of nitrogens with zero attached hydrogens (tertiary/aromatic N) is 1. The van der Waals surface area contributed by atoms with Gasteiger partial charge in [-0.25, -0.2) is 0 Å². The van der Waals surface area contributed by atoms with Crippen LogP contribution in [0.2, 0.25) is 0 Å². The molecule has 0 fully saturated rings. The van der Waals surface area contributed by atoms with Crippen LogP contribution < -0.4 is 10.1 Å². The molecule has 0 heterocycles. The lowest BCUT2D eigenvalue weighted by atomic mass is 10.2. The van der Waals surface area contributed by atoms with Gasteiger partial charge >= 0.3 is 0 Å². The minimum Gasteiger partial charge on any atom is -0.484 e. The Balaban J connectivity index is 1.57. The van der Waals surface area contributed by atoms with E-state index < -0.39 is 0 Å². The minimum atomic E-state index is -0.199. The molecule has 0 bridgehead atoms. The van der Waals surface area contributed by atoms with Crippen LogP contribution in [0.25, 0.3) is 0 Å². The van der Waals surface area contributed by atoms with Gasteiger partial charge in [0.25, 0.3) is 5.91 Å². The summed E-state index contributed by atoms with van der Waals surface area (Å²) in [6, 6.07) is 24.8. The number of amides is 1. The van der Waals surface area contributed by atoms with E-state index in [0.717, 1.165) is 16.9 Å². The lowest BCUT2D eigenvalue weighted by molar-refractivity contribution is -0.118. The molecule has 1 amide bonds. The molecule has 130 valence electrons. The number of para-hydroxylation sites is 1. The average Bonchev–Trinajstić information content (AvgIpc) is 2.67. The molecule has 26 heavy (non-hydrogen) atoms. The molecule has 0 aliphatic rings. The van der Waals surface area contributed by atoms with Crippen LogP contribution in [0.5, 0.6) is 5.75 Å². The SMILES string of the molecule is Cc1ccc(N=Cc2cccc(OCC(=O)Nc3ccccc3)c2)cc1. The number of hydrogen-bond acceptors (Lipinski definition) is 3. The summed E-state index contributed by atoms with van der Waals surface area (Å²) in [5.74, 6) is 0.427. The second kappa shape index (κ2) is 8.62. The molecule has 1 N–H and O–H groups in total. The van der Waals surface area contributed by atoms with E-state index in [4.69, 9.17) is 4.74 Å². The molecular formula is C22H20N2O2. The molecule has 0 aliphatic carbocycles. The van der Waals surface area contributed by atoms with Crippen molar-refractivity contribution < 1.29 is 9.53 Å². The van der Waals surface area contributed by atoms with Gasteiger partial charge in [-0.1, -0.05) is 48.0 Å². The number of carbonyl (C=O) groups is 1. The highest BCUT2D eigenvalue weighted by molar-refractivity contribution is 5.91. The Morgan fingerprint density at radius 3 is 2.54 bits per heavy atom. The summed E-state index contributed by atoms with van der Waals surface area (Å²) in [4.78, 5) is 16.4. The number of benzene rings is 3. The monoisotopic (exact) mass is 344 g/mol. The predicted octanol–water partition coefficient (Wildman–Crippen LogP) is 4.76. The van der Waals surface area contributed by atoms with E-state index in [1.165, 1.54) is 5.56 Å². The molecular weight excluding hydrogens is 324 g/mol. The Bertz CT molecular complexity index is 888. The minimum absolute atomic E-state index is 0.0482. The number of ether oxygens (including phenoxy) is 1. The molecule has 0 atom stereocenters. The third kappa shape index (κ3) is 5.31. The standard InChI is InChI=1S/C22H20N2O2/c1-17-10-12-19(13-11-17)23-15-18-6-5-9-21(14-18)26-16-22(25)24-20-7-3-2-4-8-20/h2-15H,16H2,1H3,(H,24,25). The van der Waals surface area contributed by atoms with Crippen molar-refractivity contribution in [3.05, 3.63) is 90.0 Å². The van der Waals surface area contributed by atoms with E-state index in [0.29, 0.717) is 5.75 Å². The van der Waals surface area contributed by atoms with Crippen molar-refractivity contribution in [2.45, 2.75) is 6.92 Å². The zero-order chi connectivity index (χ0) is 18.2. The maximum Gasteiger partial charge on any atom is 0.262 e. The fourth-order valence-corrected chi connectivity index (χ4v) is 2.33. The maximum atomic E-state index is 11.9. The predicted molar refractivity (Wildman–Crippen MR) is 105 cm³/mol. The molecule has 0 saturated carbocycles. The summed E-state index contributed by atoms with van der Waals surface area (Å²) in [6.07, 6.45) is 1.78. The largest absolute Gasteiger partial charge is 0.484 e. The third-order valence-corrected chi connectivity index (χ3v) is 3.68. The molecule has 3 aromatic rings. The van der Waals surface area contributed by atoms with Crippen LogP contribution in [0, 0.1) is 6.92 Å². The lowest BCUT2D eigenvalue weighted by Gasteiger charge is -2.08. The van der Waals surface area contributed by atoms with Gasteiger partial charge in [0, 0.05) is 11.9 Å². The summed E-state index contributed by atoms with van der Waals surface area (Å²) in [5, 5.41) is 2.79. The molecule has 3 aromatic carbocycles. The van der Waals surface area contributed by atoms with Gasteiger partial charge < -0.3 is 10.1 Å². The molecule has 4 heteroatoms. The van der Waals surface area contributed by atoms with E-state index >= 15 is 0 Å². The first-order valence-corrected chi connectivity index (χ1v) is 8.37. The Hall–Kier alpha value is -3.40. The Morgan fingerprint density at radius 1 is 1.00 bits per heavy atom. The Kier molecular flexibility index (Phi) is 5.78. The van der Waals surface area contributed by atoms with Gasteiger partial charge in [0.15, 0.2) is 6.61 Å². The number of rotatable bonds is 6. The van der Waals surface area contributed by atoms with Gasteiger partial charge in [-0.05, 0) is 48.9 Å². The van der Waals surface area contributed by atoms with Crippen LogP contribution >= 0.6 is 0 Å². The number of carbonyl (C=O) groups excluding carboxylic acids is 1. The van der Waals surface area contributed by atoms with Crippen LogP contribution in [0.15, 0.2) is 83.9 Å². The lowest BCUT2D eigenvalue weighted by Crippen LogP contribution is -2.20. The van der Waals surface area contributed by atoms with E-state index in [2.05, 4.69) is 10.3 Å². The van der Waals surface area contributed by atoms with Gasteiger partial charge in [0.05, 0.1) is 5.69 Å². The molecule has 0 aliphatic heterocycles. The first kappa shape index (κ1) is 17.4. The van der Waals surface area contributed by atoms with Crippen molar-refractivity contribution in [1.82, 2.24) is 0 Å². The van der Waals surface area contributed by atoms with Crippen molar-refractivity contribution in [3.63, 3.8) is 0 Å². The summed E-state index contributed by atoms with van der Waals surface area (Å²) >= 11 is 0. The van der Waals surface area contributed by atoms with Crippen molar-refractivity contribution in [3.8, 4) is 5.75 Å². The average molecular weight is 344 g/mol. The zero-order valence-electron chi connectivity index (χ0n) is 14.6. The van der Waals surface area contributed by atoms with Gasteiger partial charge in [-0.3, -0.25) is 9.79 Å². The molecule has 3 rings (SSSR count). The van der Waals surface area contributed by atoms with Gasteiger partial charge in [-0.15, -0.1) is 0 Å². The second-order valence-electron chi connectivity index (χ2n) is 5.87. The Labute approximate surface area is 153 Å². The Morgan fingerprint density at radius 2 is 1.77 bits per heavy atom. The van der Waals surface area contributed by atoms with Crippen LogP contribution in [0.1, 0.15) is 11.1 Å². The first-order chi connectivity index (χ1) is 12.7. The van der Waals surface area contributed by atoms with E-state index in [9.17, 15) is 4.79 Å². The zero-order valence-corrected chi connectivity index (χ0v) is 14.6. The van der Waals surface area contributed by atoms with Crippen LogP contribution in [0.4, 0.5) is 11.4 Å². The summed E-state index contributed by atoms with van der Waals surface area (Å²) in [5.41, 5.74) is 3.75. The fraction of sp³-hybridized carbons (Fsp3) is 0.0909. The number of anilines is 1. The number of nitrogens with one attached hydrogen (secondary N) is 1. The quantitative estimate of drug-likeness (QED) is 0.655. The molecule has 0 spiro atoms. The van der Waals surface area contributed by atoms with E-state index in [1.807, 2.05) is 85.8 Å². The molecule has 0 aromatic heterocycles. The normalized spacial score (nSPS) is 10.7. The smallest absolute Gasteiger partial charge is 0.262 e. The van der Waals surface area contributed by atoms with Crippen molar-refractivity contribution in [2.75, 3.05) is 11.9 Å². The third-order valence-electron chi connectivity index (χ3n) is 3.68. The molecule has 4 nitrogen and oxygen atoms in total. The number of aliphatic imine (C=N–C) groups is 1. The van der Waals surface area contributed by atoms with Crippen molar-refractivity contribution in [1.29, 1.82) is 0 Å². The molecule has 0 saturated heterocycles. The molecule has 0 unspecified atom stereocenters. The van der Waals surface area contributed by atoms with Gasteiger partial charge in [-0.2, -0.15) is 0 Å². The topological polar surface area (TPSA) is 50.7 Å². The van der Waals surface area contributed by atoms with Crippen LogP contribution in [-0.4, -0.2) is 18.7 Å². The maximum absolute atomic E-state index is 11.9. The number of hydrogen-bond donors (Lipinski definition) is 1. The van der Waals surface area contributed by atoms with Gasteiger partial charge in [0.1, 0.15) is 5.75 Å². The summed E-state index contributed by atoms with van der Waals surface area (Å²) < 4.78 is 5.57. The van der Waals surface area contributed by atoms with Gasteiger partial charge in [0.2, 0.25) is 0 Å². The number of aryl methyl sites for hydroxylation is 1. The fourth-order valence-electron chi connectivity index (χ4n) is 2.33. The van der Waals surface area contributed by atoms with E-state index in [-0.39, 0.29) is 12.5 Å². The van der Waals surface area contributed by atoms with Crippen molar-refractivity contribution >= 4 is 23.5 Å². The summed E-state index contributed by atoms with van der Waals surface area (Å²) in [6.45, 7) is 2.00. The highest BCUT2D eigenvalue weighted by Crippen LogP contribution is 2.15. The van der Waals surface area contributed by atoms with Crippen molar-refractivity contribution in [2.24, 2.45) is 4.99 Å². The first-order valence-electron chi connectivity index (χ1n) is 8.37. The highest BCUT2D eigenvalue weighted by atomic mass is 16.5. The van der Waals surface area contributed by atoms with Crippen LogP contribution in [-0.2, 0) is 4.79 Å². The second-order valence-corrected chi connectivity index (χ2v) is 5.87. The summed E-state index contributed by atoms with van der Waals surface area (Å²) in [7, 11) is 0. The van der Waals surface area contributed by atoms with E-state index in [1.54, 1.807) is 6.21 Å².